The van der Waals surface area contributed by atoms with Gasteiger partial charge in [0, 0.05) is 0 Å². The van der Waals surface area contributed by atoms with E-state index in [1.807, 2.05) is 0 Å². The summed E-state index contributed by atoms with van der Waals surface area (Å²) in [7, 11) is 1.26. The molecule has 1 aromatic rings. The van der Waals surface area contributed by atoms with Gasteiger partial charge in [0.25, 0.3) is 5.09 Å². The van der Waals surface area contributed by atoms with E-state index in [9.17, 15) is 14.9 Å². The van der Waals surface area contributed by atoms with Gasteiger partial charge in [0.05, 0.1) is 12.7 Å². The quantitative estimate of drug-likeness (QED) is 0.590. The van der Waals surface area contributed by atoms with Gasteiger partial charge in [-0.15, -0.1) is 10.1 Å². The minimum absolute atomic E-state index is 0.00778. The van der Waals surface area contributed by atoms with Gasteiger partial charge in [-0.05, 0) is 18.2 Å². The van der Waals surface area contributed by atoms with Crippen molar-refractivity contribution in [1.29, 1.82) is 0 Å². The number of carbonyl (C=O) groups is 1. The van der Waals surface area contributed by atoms with Crippen LogP contribution in [0.3, 0.4) is 0 Å². The number of hydrogen-bond donors (Lipinski definition) is 1. The lowest BCUT2D eigenvalue weighted by atomic mass is 10.2. The minimum atomic E-state index is -1.15. The zero-order chi connectivity index (χ0) is 11.4. The number of hydrogen-bond acceptors (Lipinski definition) is 5. The van der Waals surface area contributed by atoms with Gasteiger partial charge in [-0.25, -0.2) is 4.79 Å². The average molecular weight is 213 g/mol. The van der Waals surface area contributed by atoms with E-state index in [4.69, 9.17) is 9.84 Å². The number of carboxylic acids is 1. The summed E-state index contributed by atoms with van der Waals surface area (Å²) < 4.78 is 4.74. The predicted molar refractivity (Wildman–Crippen MR) is 47.6 cm³/mol. The summed E-state index contributed by atoms with van der Waals surface area (Å²) in [5.74, 6) is -1.31. The van der Waals surface area contributed by atoms with Gasteiger partial charge in [-0.1, -0.05) is 0 Å². The van der Waals surface area contributed by atoms with E-state index in [0.717, 1.165) is 12.1 Å². The lowest BCUT2D eigenvalue weighted by molar-refractivity contribution is -0.711. The Bertz CT molecular complexity index is 402. The molecule has 0 aliphatic rings. The zero-order valence-corrected chi connectivity index (χ0v) is 7.67. The summed E-state index contributed by atoms with van der Waals surface area (Å²) in [6, 6.07) is 3.48. The molecule has 0 aliphatic heterocycles. The number of carboxylic acid groups (broad SMARTS) is 1. The van der Waals surface area contributed by atoms with Crippen molar-refractivity contribution in [3.05, 3.63) is 33.9 Å². The first kappa shape index (κ1) is 10.8. The van der Waals surface area contributed by atoms with Crippen LogP contribution in [0.1, 0.15) is 10.4 Å². The van der Waals surface area contributed by atoms with Crippen LogP contribution in [0, 0.1) is 10.1 Å². The van der Waals surface area contributed by atoms with Gasteiger partial charge in [0.1, 0.15) is 5.75 Å². The largest absolute Gasteiger partial charge is 0.494 e. The maximum absolute atomic E-state index is 10.6. The third-order valence-corrected chi connectivity index (χ3v) is 1.58. The molecule has 1 rings (SSSR count). The van der Waals surface area contributed by atoms with Crippen LogP contribution in [-0.4, -0.2) is 23.3 Å². The van der Waals surface area contributed by atoms with E-state index in [1.54, 1.807) is 0 Å². The van der Waals surface area contributed by atoms with Crippen LogP contribution >= 0.6 is 0 Å². The Morgan fingerprint density at radius 2 is 2.13 bits per heavy atom. The fourth-order valence-corrected chi connectivity index (χ4v) is 0.956. The molecule has 1 aromatic carbocycles. The number of rotatable bonds is 4. The van der Waals surface area contributed by atoms with Gasteiger partial charge in [-0.3, -0.25) is 4.84 Å². The fraction of sp³-hybridized carbons (Fsp3) is 0.125. The zero-order valence-electron chi connectivity index (χ0n) is 7.67. The number of ether oxygens (including phenoxy) is 1. The van der Waals surface area contributed by atoms with Crippen LogP contribution in [0.5, 0.6) is 11.5 Å². The van der Waals surface area contributed by atoms with Crippen molar-refractivity contribution in [3.8, 4) is 11.5 Å². The highest BCUT2D eigenvalue weighted by atomic mass is 17.0. The van der Waals surface area contributed by atoms with E-state index in [2.05, 4.69) is 4.84 Å². The Kier molecular flexibility index (Phi) is 3.06. The molecule has 0 atom stereocenters. The molecule has 0 amide bonds. The monoisotopic (exact) mass is 213 g/mol. The second-order valence-electron chi connectivity index (χ2n) is 2.49. The average Bonchev–Trinajstić information content (AvgIpc) is 2.17. The molecule has 0 bridgehead atoms. The van der Waals surface area contributed by atoms with Crippen molar-refractivity contribution in [2.24, 2.45) is 0 Å². The molecule has 0 radical (unpaired) electrons. The first-order valence-electron chi connectivity index (χ1n) is 3.78. The molecule has 0 spiro atoms. The minimum Gasteiger partial charge on any atom is -0.494 e. The summed E-state index contributed by atoms with van der Waals surface area (Å²) >= 11 is 0. The second kappa shape index (κ2) is 4.27. The highest BCUT2D eigenvalue weighted by Crippen LogP contribution is 2.27. The van der Waals surface area contributed by atoms with Gasteiger partial charge in [-0.2, -0.15) is 0 Å². The molecule has 0 aliphatic carbocycles. The molecule has 0 aromatic heterocycles. The molecule has 0 heterocycles. The summed E-state index contributed by atoms with van der Waals surface area (Å²) in [6.07, 6.45) is 0. The van der Waals surface area contributed by atoms with Gasteiger partial charge in [0.15, 0.2) is 5.75 Å². The maximum Gasteiger partial charge on any atom is 0.335 e. The van der Waals surface area contributed by atoms with Crippen molar-refractivity contribution >= 4 is 5.97 Å². The number of benzene rings is 1. The van der Waals surface area contributed by atoms with Crippen molar-refractivity contribution in [3.63, 3.8) is 0 Å². The van der Waals surface area contributed by atoms with Crippen LogP contribution in [0.15, 0.2) is 18.2 Å². The lowest BCUT2D eigenvalue weighted by Gasteiger charge is -2.06. The molecular formula is C8H7NO6. The fourth-order valence-electron chi connectivity index (χ4n) is 0.956. The Labute approximate surface area is 84.0 Å². The third-order valence-electron chi connectivity index (χ3n) is 1.58. The smallest absolute Gasteiger partial charge is 0.335 e. The Hall–Kier alpha value is -2.31. The lowest BCUT2D eigenvalue weighted by Crippen LogP contribution is -2.06. The van der Waals surface area contributed by atoms with Crippen molar-refractivity contribution in [2.75, 3.05) is 7.11 Å². The number of nitrogens with zero attached hydrogens (tertiary/aromatic N) is 1. The standard InChI is InChI=1S/C8H7NO6/c1-14-7-4-5(8(10)11)2-3-6(7)15-9(12)13/h2-4H,1H3,(H,10,11). The molecule has 0 saturated carbocycles. The van der Waals surface area contributed by atoms with Gasteiger partial charge < -0.3 is 9.84 Å². The first-order valence-corrected chi connectivity index (χ1v) is 3.78. The molecule has 0 saturated heterocycles. The molecule has 1 N–H and O–H groups in total. The molecule has 0 fully saturated rings. The van der Waals surface area contributed by atoms with Crippen LogP contribution in [0.25, 0.3) is 0 Å². The summed E-state index contributed by atoms with van der Waals surface area (Å²) in [5.41, 5.74) is -0.0393. The van der Waals surface area contributed by atoms with E-state index >= 15 is 0 Å². The topological polar surface area (TPSA) is 98.9 Å². The molecule has 80 valence electrons. The molecule has 15 heavy (non-hydrogen) atoms. The van der Waals surface area contributed by atoms with Crippen molar-refractivity contribution < 1.29 is 24.6 Å². The van der Waals surface area contributed by atoms with E-state index in [1.165, 1.54) is 13.2 Å². The highest BCUT2D eigenvalue weighted by molar-refractivity contribution is 5.88. The summed E-state index contributed by atoms with van der Waals surface area (Å²) in [4.78, 5) is 24.8. The normalized spacial score (nSPS) is 9.40. The van der Waals surface area contributed by atoms with E-state index in [-0.39, 0.29) is 17.1 Å². The van der Waals surface area contributed by atoms with Crippen LogP contribution in [0.2, 0.25) is 0 Å². The van der Waals surface area contributed by atoms with Crippen molar-refractivity contribution in [1.82, 2.24) is 0 Å². The first-order chi connectivity index (χ1) is 7.04. The van der Waals surface area contributed by atoms with E-state index < -0.39 is 11.1 Å². The second-order valence-corrected chi connectivity index (χ2v) is 2.49. The van der Waals surface area contributed by atoms with Crippen LogP contribution < -0.4 is 9.57 Å². The van der Waals surface area contributed by atoms with Gasteiger partial charge >= 0.3 is 5.97 Å². The number of methoxy groups -OCH3 is 1. The molecule has 7 nitrogen and oxygen atoms in total. The third kappa shape index (κ3) is 2.56. The molecule has 7 heteroatoms. The molecular weight excluding hydrogens is 206 g/mol. The molecule has 0 unspecified atom stereocenters. The SMILES string of the molecule is COc1cc(C(=O)O)ccc1O[N+](=O)[O-]. The Balaban J connectivity index is 3.08. The summed E-state index contributed by atoms with van der Waals surface area (Å²) in [6.45, 7) is 0. The van der Waals surface area contributed by atoms with Crippen LogP contribution in [0.4, 0.5) is 0 Å². The maximum atomic E-state index is 10.6. The number of aromatic carboxylic acids is 1. The highest BCUT2D eigenvalue weighted by Gasteiger charge is 2.11. The summed E-state index contributed by atoms with van der Waals surface area (Å²) in [5, 5.41) is 17.7. The Morgan fingerprint density at radius 3 is 2.60 bits per heavy atom. The predicted octanol–water partition coefficient (Wildman–Crippen LogP) is 0.964. The Morgan fingerprint density at radius 1 is 1.47 bits per heavy atom. The van der Waals surface area contributed by atoms with Gasteiger partial charge in [0.2, 0.25) is 0 Å². The van der Waals surface area contributed by atoms with Crippen molar-refractivity contribution in [2.45, 2.75) is 0 Å². The van der Waals surface area contributed by atoms with Crippen LogP contribution in [-0.2, 0) is 0 Å². The van der Waals surface area contributed by atoms with E-state index in [0.29, 0.717) is 0 Å².